The van der Waals surface area contributed by atoms with Crippen LogP contribution in [0, 0.1) is 0 Å². The summed E-state index contributed by atoms with van der Waals surface area (Å²) in [5, 5.41) is 14.7. The van der Waals surface area contributed by atoms with E-state index >= 15 is 0 Å². The Morgan fingerprint density at radius 1 is 1.12 bits per heavy atom. The molecule has 32 heavy (non-hydrogen) atoms. The van der Waals surface area contributed by atoms with Crippen molar-refractivity contribution in [3.8, 4) is 10.4 Å². The maximum Gasteiger partial charge on any atom is 0.433 e. The fraction of sp³-hybridized carbons (Fsp3) is 0.409. The third-order valence-electron chi connectivity index (χ3n) is 5.94. The molecular weight excluding hydrogens is 439 g/mol. The fourth-order valence-electron chi connectivity index (χ4n) is 3.99. The first-order valence-corrected chi connectivity index (χ1v) is 11.3. The van der Waals surface area contributed by atoms with Gasteiger partial charge < -0.3 is 15.3 Å². The summed E-state index contributed by atoms with van der Waals surface area (Å²) >= 11 is 1.45. The molecule has 168 valence electrons. The highest BCUT2D eigenvalue weighted by Gasteiger charge is 2.40. The van der Waals surface area contributed by atoms with Gasteiger partial charge in [0, 0.05) is 37.2 Å². The molecule has 3 heterocycles. The fourth-order valence-corrected chi connectivity index (χ4v) is 5.05. The zero-order chi connectivity index (χ0) is 22.3. The van der Waals surface area contributed by atoms with E-state index in [1.165, 1.54) is 24.2 Å². The van der Waals surface area contributed by atoms with Gasteiger partial charge in [-0.2, -0.15) is 13.2 Å². The number of benzene rings is 1. The minimum absolute atomic E-state index is 0.126. The highest BCUT2D eigenvalue weighted by Crippen LogP contribution is 2.40. The molecule has 0 radical (unpaired) electrons. The van der Waals surface area contributed by atoms with Crippen LogP contribution in [0.4, 0.5) is 24.8 Å². The van der Waals surface area contributed by atoms with E-state index in [4.69, 9.17) is 0 Å². The number of nitrogens with zero attached hydrogens (tertiary/aromatic N) is 4. The second-order valence-electron chi connectivity index (χ2n) is 8.30. The van der Waals surface area contributed by atoms with Crippen LogP contribution in [0.25, 0.3) is 10.4 Å². The molecule has 2 aliphatic rings. The predicted octanol–water partition coefficient (Wildman–Crippen LogP) is 4.81. The number of hydrogen-bond acceptors (Lipinski definition) is 7. The van der Waals surface area contributed by atoms with Crippen molar-refractivity contribution in [3.63, 3.8) is 0 Å². The molecule has 2 fully saturated rings. The quantitative estimate of drug-likeness (QED) is 0.568. The zero-order valence-corrected chi connectivity index (χ0v) is 18.0. The van der Waals surface area contributed by atoms with E-state index in [9.17, 15) is 18.3 Å². The van der Waals surface area contributed by atoms with E-state index in [-0.39, 0.29) is 5.95 Å². The Balaban J connectivity index is 1.32. The third kappa shape index (κ3) is 4.48. The summed E-state index contributed by atoms with van der Waals surface area (Å²) in [6.45, 7) is 1.76. The van der Waals surface area contributed by atoms with Crippen molar-refractivity contribution in [3.05, 3.63) is 53.4 Å². The zero-order valence-electron chi connectivity index (χ0n) is 17.1. The Bertz CT molecular complexity index is 1110. The molecule has 6 nitrogen and oxygen atoms in total. The number of hydrogen-bond donors (Lipinski definition) is 2. The lowest BCUT2D eigenvalue weighted by molar-refractivity contribution is -0.141. The Hall–Kier alpha value is -2.56. The Kier molecular flexibility index (Phi) is 5.39. The van der Waals surface area contributed by atoms with Crippen molar-refractivity contribution in [2.45, 2.75) is 43.5 Å². The molecule has 1 aromatic carbocycles. The normalized spacial score (nSPS) is 19.1. The summed E-state index contributed by atoms with van der Waals surface area (Å²) < 4.78 is 38.7. The molecule has 0 unspecified atom stereocenters. The molecule has 0 spiro atoms. The summed E-state index contributed by atoms with van der Waals surface area (Å²) in [4.78, 5) is 15.3. The summed E-state index contributed by atoms with van der Waals surface area (Å²) in [5.41, 5.74) is -0.493. The van der Waals surface area contributed by atoms with Gasteiger partial charge in [0.1, 0.15) is 16.3 Å². The molecule has 10 heteroatoms. The maximum absolute atomic E-state index is 12.9. The average Bonchev–Trinajstić information content (AvgIpc) is 3.49. The van der Waals surface area contributed by atoms with Crippen LogP contribution in [0.1, 0.15) is 36.4 Å². The molecule has 1 aliphatic carbocycles. The van der Waals surface area contributed by atoms with Crippen LogP contribution >= 0.6 is 11.3 Å². The lowest BCUT2D eigenvalue weighted by atomic mass is 9.92. The van der Waals surface area contributed by atoms with Gasteiger partial charge in [0.25, 0.3) is 0 Å². The van der Waals surface area contributed by atoms with Gasteiger partial charge in [-0.25, -0.2) is 15.0 Å². The summed E-state index contributed by atoms with van der Waals surface area (Å²) in [7, 11) is 0. The first-order chi connectivity index (χ1) is 15.3. The van der Waals surface area contributed by atoms with Gasteiger partial charge in [-0.1, -0.05) is 12.1 Å². The van der Waals surface area contributed by atoms with Gasteiger partial charge in [-0.05, 0) is 49.4 Å². The van der Waals surface area contributed by atoms with Crippen molar-refractivity contribution in [1.82, 2.24) is 19.9 Å². The minimum atomic E-state index is -4.53. The highest BCUT2D eigenvalue weighted by molar-refractivity contribution is 7.15. The van der Waals surface area contributed by atoms with Crippen molar-refractivity contribution in [1.29, 1.82) is 0 Å². The molecule has 3 aromatic rings. The van der Waals surface area contributed by atoms with Crippen LogP contribution < -0.4 is 5.32 Å². The van der Waals surface area contributed by atoms with Crippen molar-refractivity contribution >= 4 is 23.0 Å². The molecule has 0 amide bonds. The van der Waals surface area contributed by atoms with Crippen LogP contribution in [0.2, 0.25) is 0 Å². The van der Waals surface area contributed by atoms with Crippen molar-refractivity contribution in [2.24, 2.45) is 0 Å². The van der Waals surface area contributed by atoms with Crippen LogP contribution in [-0.2, 0) is 11.8 Å². The monoisotopic (exact) mass is 461 g/mol. The molecule has 0 atom stereocenters. The number of thiazole rings is 1. The number of aromatic nitrogens is 3. The number of anilines is 2. The molecule has 2 aromatic heterocycles. The maximum atomic E-state index is 12.9. The Labute approximate surface area is 187 Å². The molecule has 1 saturated carbocycles. The number of halogens is 3. The van der Waals surface area contributed by atoms with E-state index in [0.717, 1.165) is 35.8 Å². The lowest BCUT2D eigenvalue weighted by Gasteiger charge is -2.37. The van der Waals surface area contributed by atoms with Gasteiger partial charge in [0.15, 0.2) is 0 Å². The van der Waals surface area contributed by atoms with E-state index in [1.54, 1.807) is 24.4 Å². The number of alkyl halides is 3. The number of aliphatic hydroxyl groups is 1. The Morgan fingerprint density at radius 2 is 1.91 bits per heavy atom. The summed E-state index contributed by atoms with van der Waals surface area (Å²) in [6.07, 6.45) is 2.15. The smallest absolute Gasteiger partial charge is 0.383 e. The number of piperidine rings is 1. The minimum Gasteiger partial charge on any atom is -0.383 e. The van der Waals surface area contributed by atoms with Gasteiger partial charge in [0.05, 0.1) is 4.88 Å². The Morgan fingerprint density at radius 3 is 2.62 bits per heavy atom. The first kappa shape index (κ1) is 21.3. The molecular formula is C22H22F3N5OS. The topological polar surface area (TPSA) is 74.2 Å². The summed E-state index contributed by atoms with van der Waals surface area (Å²) in [6, 6.07) is 8.77. The van der Waals surface area contributed by atoms with Crippen molar-refractivity contribution in [2.75, 3.05) is 18.4 Å². The molecule has 1 saturated heterocycles. The van der Waals surface area contributed by atoms with Crippen LogP contribution in [0.15, 0.2) is 42.7 Å². The van der Waals surface area contributed by atoms with Gasteiger partial charge in [-0.3, -0.25) is 0 Å². The largest absolute Gasteiger partial charge is 0.433 e. The second-order valence-corrected chi connectivity index (χ2v) is 9.33. The second kappa shape index (κ2) is 8.09. The lowest BCUT2D eigenvalue weighted by Crippen LogP contribution is -2.43. The SMILES string of the molecule is OC1(c2ncc(-c3cccc(Nc4nccc(C(F)(F)F)n4)c3)s2)CCN(C2CC2)CC1. The standard InChI is InChI=1S/C22H22F3N5OS/c23-22(24,25)18-6-9-26-20(29-18)28-15-3-1-2-14(12-15)17-13-27-19(32-17)21(31)7-10-30(11-8-21)16-4-5-16/h1-3,6,9,12-13,16,31H,4-5,7-8,10-11H2,(H,26,28,29). The van der Waals surface area contributed by atoms with Gasteiger partial charge >= 0.3 is 6.18 Å². The van der Waals surface area contributed by atoms with E-state index in [2.05, 4.69) is 25.2 Å². The molecule has 5 rings (SSSR count). The van der Waals surface area contributed by atoms with E-state index in [0.29, 0.717) is 29.6 Å². The van der Waals surface area contributed by atoms with Crippen LogP contribution in [0.5, 0.6) is 0 Å². The van der Waals surface area contributed by atoms with Gasteiger partial charge in [-0.15, -0.1) is 11.3 Å². The third-order valence-corrected chi connectivity index (χ3v) is 7.18. The van der Waals surface area contributed by atoms with Crippen molar-refractivity contribution < 1.29 is 18.3 Å². The first-order valence-electron chi connectivity index (χ1n) is 10.5. The number of nitrogens with one attached hydrogen (secondary N) is 1. The van der Waals surface area contributed by atoms with Crippen LogP contribution in [0.3, 0.4) is 0 Å². The highest BCUT2D eigenvalue weighted by atomic mass is 32.1. The predicted molar refractivity (Wildman–Crippen MR) is 116 cm³/mol. The van der Waals surface area contributed by atoms with Gasteiger partial charge in [0.2, 0.25) is 5.95 Å². The average molecular weight is 462 g/mol. The molecule has 0 bridgehead atoms. The molecule has 2 N–H and O–H groups in total. The van der Waals surface area contributed by atoms with E-state index < -0.39 is 17.5 Å². The number of likely N-dealkylation sites (tertiary alicyclic amines) is 1. The van der Waals surface area contributed by atoms with E-state index in [1.807, 2.05) is 6.07 Å². The number of rotatable bonds is 5. The van der Waals surface area contributed by atoms with Crippen LogP contribution in [-0.4, -0.2) is 44.1 Å². The summed E-state index contributed by atoms with van der Waals surface area (Å²) in [5.74, 6) is -0.126. The molecule has 1 aliphatic heterocycles.